The number of nitrogens with one attached hydrogen (secondary N) is 1. The van der Waals surface area contributed by atoms with Crippen LogP contribution in [0.1, 0.15) is 15.9 Å². The molecule has 0 atom stereocenters. The lowest BCUT2D eigenvalue weighted by atomic mass is 10.1. The largest absolute Gasteiger partial charge is 0.368 e. The summed E-state index contributed by atoms with van der Waals surface area (Å²) in [7, 11) is 0. The van der Waals surface area contributed by atoms with Gasteiger partial charge in [-0.15, -0.1) is 0 Å². The first-order chi connectivity index (χ1) is 14.1. The molecule has 1 amide bonds. The quantitative estimate of drug-likeness (QED) is 0.724. The summed E-state index contributed by atoms with van der Waals surface area (Å²) >= 11 is 0. The Bertz CT molecular complexity index is 1020. The molecule has 6 heteroatoms. The van der Waals surface area contributed by atoms with E-state index < -0.39 is 0 Å². The fraction of sp³-hybridized carbons (Fsp3) is 0.217. The molecule has 0 aliphatic carbocycles. The molecule has 1 aromatic heterocycles. The van der Waals surface area contributed by atoms with Crippen molar-refractivity contribution in [2.45, 2.75) is 6.92 Å². The Morgan fingerprint density at radius 3 is 2.55 bits per heavy atom. The number of pyridine rings is 1. The van der Waals surface area contributed by atoms with Gasteiger partial charge in [-0.25, -0.2) is 9.37 Å². The van der Waals surface area contributed by atoms with Crippen molar-refractivity contribution < 1.29 is 9.18 Å². The van der Waals surface area contributed by atoms with Gasteiger partial charge in [-0.3, -0.25) is 4.79 Å². The number of nitrogens with zero attached hydrogens (tertiary/aromatic N) is 3. The van der Waals surface area contributed by atoms with Crippen LogP contribution in [0.15, 0.2) is 66.9 Å². The highest BCUT2D eigenvalue weighted by atomic mass is 19.1. The van der Waals surface area contributed by atoms with E-state index in [1.165, 1.54) is 17.3 Å². The average molecular weight is 390 g/mol. The summed E-state index contributed by atoms with van der Waals surface area (Å²) < 4.78 is 13.9. The topological polar surface area (TPSA) is 48.5 Å². The fourth-order valence-corrected chi connectivity index (χ4v) is 3.51. The van der Waals surface area contributed by atoms with E-state index in [0.29, 0.717) is 30.2 Å². The summed E-state index contributed by atoms with van der Waals surface area (Å²) in [5, 5.41) is 2.94. The lowest BCUT2D eigenvalue weighted by molar-refractivity contribution is 0.0746. The van der Waals surface area contributed by atoms with Gasteiger partial charge in [0.2, 0.25) is 0 Å². The molecule has 1 fully saturated rings. The van der Waals surface area contributed by atoms with Gasteiger partial charge in [-0.1, -0.05) is 24.3 Å². The number of anilines is 3. The third-order valence-corrected chi connectivity index (χ3v) is 5.08. The Morgan fingerprint density at radius 1 is 1.00 bits per heavy atom. The molecule has 4 rings (SSSR count). The maximum absolute atomic E-state index is 13.9. The molecule has 0 saturated carbocycles. The van der Waals surface area contributed by atoms with E-state index in [4.69, 9.17) is 0 Å². The lowest BCUT2D eigenvalue weighted by Gasteiger charge is -2.36. The van der Waals surface area contributed by atoms with E-state index in [1.54, 1.807) is 36.5 Å². The maximum atomic E-state index is 13.9. The molecule has 2 heterocycles. The van der Waals surface area contributed by atoms with Crippen LogP contribution in [0.2, 0.25) is 0 Å². The van der Waals surface area contributed by atoms with Gasteiger partial charge in [0.1, 0.15) is 11.6 Å². The first-order valence-corrected chi connectivity index (χ1v) is 9.69. The van der Waals surface area contributed by atoms with E-state index in [0.717, 1.165) is 13.1 Å². The van der Waals surface area contributed by atoms with Crippen molar-refractivity contribution in [1.29, 1.82) is 0 Å². The zero-order chi connectivity index (χ0) is 20.2. The van der Waals surface area contributed by atoms with Crippen LogP contribution in [0.3, 0.4) is 0 Å². The summed E-state index contributed by atoms with van der Waals surface area (Å²) in [4.78, 5) is 21.3. The summed E-state index contributed by atoms with van der Waals surface area (Å²) in [6, 6.07) is 18.2. The summed E-state index contributed by atoms with van der Waals surface area (Å²) in [5.41, 5.74) is 3.30. The second-order valence-corrected chi connectivity index (χ2v) is 7.15. The highest BCUT2D eigenvalue weighted by Crippen LogP contribution is 2.21. The third kappa shape index (κ3) is 4.37. The van der Waals surface area contributed by atoms with Gasteiger partial charge in [0.25, 0.3) is 5.91 Å². The summed E-state index contributed by atoms with van der Waals surface area (Å²) in [6.45, 7) is 4.98. The van der Waals surface area contributed by atoms with Crippen molar-refractivity contribution in [3.05, 3.63) is 83.8 Å². The van der Waals surface area contributed by atoms with Crippen molar-refractivity contribution in [2.75, 3.05) is 36.4 Å². The van der Waals surface area contributed by atoms with Crippen molar-refractivity contribution in [3.63, 3.8) is 0 Å². The number of hydrogen-bond donors (Lipinski definition) is 1. The van der Waals surface area contributed by atoms with Gasteiger partial charge in [0.15, 0.2) is 0 Å². The van der Waals surface area contributed by atoms with Crippen molar-refractivity contribution in [3.8, 4) is 0 Å². The molecule has 0 bridgehead atoms. The molecule has 0 spiro atoms. The van der Waals surface area contributed by atoms with Gasteiger partial charge >= 0.3 is 0 Å². The first-order valence-electron chi connectivity index (χ1n) is 9.69. The SMILES string of the molecule is Cc1cccc(N2CCN(C(=O)c3ccnc(Nc4ccccc4F)c3)CC2)c1. The highest BCUT2D eigenvalue weighted by Gasteiger charge is 2.22. The van der Waals surface area contributed by atoms with Crippen LogP contribution < -0.4 is 10.2 Å². The standard InChI is InChI=1S/C23H23FN4O/c1-17-5-4-6-19(15-17)27-11-13-28(14-12-27)23(29)18-9-10-25-22(16-18)26-21-8-3-2-7-20(21)24/h2-10,15-16H,11-14H2,1H3,(H,25,26). The number of aryl methyl sites for hydroxylation is 1. The van der Waals surface area contributed by atoms with Gasteiger partial charge in [-0.2, -0.15) is 0 Å². The Kier molecular flexibility index (Phi) is 5.42. The van der Waals surface area contributed by atoms with E-state index in [2.05, 4.69) is 46.4 Å². The smallest absolute Gasteiger partial charge is 0.254 e. The zero-order valence-electron chi connectivity index (χ0n) is 16.3. The number of hydrogen-bond acceptors (Lipinski definition) is 4. The molecule has 1 N–H and O–H groups in total. The fourth-order valence-electron chi connectivity index (χ4n) is 3.51. The second-order valence-electron chi connectivity index (χ2n) is 7.15. The number of piperazine rings is 1. The Hall–Kier alpha value is -3.41. The molecule has 1 saturated heterocycles. The van der Waals surface area contributed by atoms with Gasteiger partial charge < -0.3 is 15.1 Å². The van der Waals surface area contributed by atoms with Crippen LogP contribution in [-0.2, 0) is 0 Å². The molecule has 1 aliphatic rings. The van der Waals surface area contributed by atoms with E-state index in [9.17, 15) is 9.18 Å². The Balaban J connectivity index is 1.42. The van der Waals surface area contributed by atoms with Crippen LogP contribution in [0.5, 0.6) is 0 Å². The van der Waals surface area contributed by atoms with E-state index in [1.807, 2.05) is 4.90 Å². The number of amides is 1. The summed E-state index contributed by atoms with van der Waals surface area (Å²) in [6.07, 6.45) is 1.57. The van der Waals surface area contributed by atoms with Crippen molar-refractivity contribution >= 4 is 23.1 Å². The van der Waals surface area contributed by atoms with Crippen LogP contribution in [0, 0.1) is 12.7 Å². The minimum atomic E-state index is -0.363. The molecule has 2 aromatic carbocycles. The number of halogens is 1. The number of para-hydroxylation sites is 1. The third-order valence-electron chi connectivity index (χ3n) is 5.08. The molecule has 0 unspecified atom stereocenters. The number of rotatable bonds is 4. The molecule has 0 radical (unpaired) electrons. The normalized spacial score (nSPS) is 14.0. The minimum absolute atomic E-state index is 0.0344. The van der Waals surface area contributed by atoms with Crippen LogP contribution >= 0.6 is 0 Å². The maximum Gasteiger partial charge on any atom is 0.254 e. The van der Waals surface area contributed by atoms with Gasteiger partial charge in [0, 0.05) is 43.6 Å². The van der Waals surface area contributed by atoms with Crippen LogP contribution in [-0.4, -0.2) is 42.0 Å². The minimum Gasteiger partial charge on any atom is -0.368 e. The molecule has 29 heavy (non-hydrogen) atoms. The molecule has 148 valence electrons. The Morgan fingerprint density at radius 2 is 1.79 bits per heavy atom. The summed E-state index contributed by atoms with van der Waals surface area (Å²) in [5.74, 6) is 0.0468. The number of benzene rings is 2. The first kappa shape index (κ1) is 18.9. The van der Waals surface area contributed by atoms with Gasteiger partial charge in [-0.05, 0) is 48.9 Å². The monoisotopic (exact) mass is 390 g/mol. The zero-order valence-corrected chi connectivity index (χ0v) is 16.3. The highest BCUT2D eigenvalue weighted by molar-refractivity contribution is 5.95. The van der Waals surface area contributed by atoms with Crippen LogP contribution in [0.4, 0.5) is 21.6 Å². The molecule has 1 aliphatic heterocycles. The number of carbonyl (C=O) groups is 1. The Labute approximate surface area is 169 Å². The molecule has 5 nitrogen and oxygen atoms in total. The molecule has 3 aromatic rings. The number of aromatic nitrogens is 1. The van der Waals surface area contributed by atoms with E-state index >= 15 is 0 Å². The van der Waals surface area contributed by atoms with E-state index in [-0.39, 0.29) is 11.7 Å². The van der Waals surface area contributed by atoms with Crippen LogP contribution in [0.25, 0.3) is 0 Å². The van der Waals surface area contributed by atoms with Crippen molar-refractivity contribution in [2.24, 2.45) is 0 Å². The molecular formula is C23H23FN4O. The lowest BCUT2D eigenvalue weighted by Crippen LogP contribution is -2.48. The number of carbonyl (C=O) groups excluding carboxylic acids is 1. The predicted octanol–water partition coefficient (Wildman–Crippen LogP) is 4.24. The second kappa shape index (κ2) is 8.31. The average Bonchev–Trinajstić information content (AvgIpc) is 2.75. The van der Waals surface area contributed by atoms with Crippen molar-refractivity contribution in [1.82, 2.24) is 9.88 Å². The van der Waals surface area contributed by atoms with Gasteiger partial charge in [0.05, 0.1) is 5.69 Å². The predicted molar refractivity (Wildman–Crippen MR) is 113 cm³/mol. The molecular weight excluding hydrogens is 367 g/mol.